The first kappa shape index (κ1) is 13.9. The minimum absolute atomic E-state index is 0.0429. The summed E-state index contributed by atoms with van der Waals surface area (Å²) in [5, 5.41) is 19.0. The molecule has 0 aromatic heterocycles. The van der Waals surface area contributed by atoms with Crippen LogP contribution in [0, 0.1) is 5.92 Å². The second-order valence-corrected chi connectivity index (χ2v) is 4.32. The number of rotatable bonds is 4. The quantitative estimate of drug-likeness (QED) is 0.572. The maximum atomic E-state index is 11.3. The molecule has 1 aliphatic heterocycles. The summed E-state index contributed by atoms with van der Waals surface area (Å²) in [5.74, 6) is -0.534. The molecule has 1 saturated heterocycles. The molecule has 0 aromatic carbocycles. The molecule has 2 N–H and O–H groups in total. The zero-order valence-electron chi connectivity index (χ0n) is 10.2. The van der Waals surface area contributed by atoms with Crippen molar-refractivity contribution in [1.82, 2.24) is 0 Å². The van der Waals surface area contributed by atoms with Gasteiger partial charge < -0.3 is 14.9 Å². The van der Waals surface area contributed by atoms with Crippen LogP contribution in [-0.2, 0) is 9.53 Å². The lowest BCUT2D eigenvalue weighted by Gasteiger charge is -2.32. The number of cyclic esters (lactones) is 1. The Morgan fingerprint density at radius 3 is 2.88 bits per heavy atom. The second-order valence-electron chi connectivity index (χ2n) is 4.32. The van der Waals surface area contributed by atoms with Crippen LogP contribution in [0.3, 0.4) is 0 Å². The standard InChI is InChI=1S/C13H20O4/c1-3-4-5-10-11(15)8-13(16)17-12(10)7-6-9(2)14/h3-4,6-7,9-12,14-15H,5,8H2,1-2H3/t9-,10?,11-,12+/m0/s1. The number of aliphatic hydroxyl groups is 2. The monoisotopic (exact) mass is 240 g/mol. The third-order valence-corrected chi connectivity index (χ3v) is 2.78. The average molecular weight is 240 g/mol. The highest BCUT2D eigenvalue weighted by atomic mass is 16.5. The van der Waals surface area contributed by atoms with Crippen LogP contribution in [0.5, 0.6) is 0 Å². The molecule has 4 nitrogen and oxygen atoms in total. The van der Waals surface area contributed by atoms with Gasteiger partial charge in [0.05, 0.1) is 18.6 Å². The number of allylic oxidation sites excluding steroid dienone is 2. The summed E-state index contributed by atoms with van der Waals surface area (Å²) >= 11 is 0. The van der Waals surface area contributed by atoms with Crippen molar-refractivity contribution >= 4 is 5.97 Å². The van der Waals surface area contributed by atoms with Crippen molar-refractivity contribution in [2.24, 2.45) is 5.92 Å². The molecule has 0 saturated carbocycles. The van der Waals surface area contributed by atoms with Crippen molar-refractivity contribution < 1.29 is 19.7 Å². The van der Waals surface area contributed by atoms with Crippen molar-refractivity contribution in [3.05, 3.63) is 24.3 Å². The predicted octanol–water partition coefficient (Wildman–Crippen LogP) is 1.18. The van der Waals surface area contributed by atoms with Crippen molar-refractivity contribution in [2.45, 2.75) is 45.0 Å². The Kier molecular flexibility index (Phi) is 5.38. The lowest BCUT2D eigenvalue weighted by Crippen LogP contribution is -2.41. The first-order valence-electron chi connectivity index (χ1n) is 5.89. The molecule has 4 heteroatoms. The zero-order valence-corrected chi connectivity index (χ0v) is 10.2. The van der Waals surface area contributed by atoms with Crippen LogP contribution in [0.15, 0.2) is 24.3 Å². The van der Waals surface area contributed by atoms with Gasteiger partial charge in [0, 0.05) is 5.92 Å². The Hall–Kier alpha value is -1.13. The molecule has 96 valence electrons. The van der Waals surface area contributed by atoms with Crippen LogP contribution in [0.25, 0.3) is 0 Å². The van der Waals surface area contributed by atoms with Gasteiger partial charge in [0.1, 0.15) is 6.10 Å². The van der Waals surface area contributed by atoms with E-state index in [2.05, 4.69) is 0 Å². The number of aliphatic hydroxyl groups excluding tert-OH is 2. The van der Waals surface area contributed by atoms with Crippen molar-refractivity contribution in [3.63, 3.8) is 0 Å². The van der Waals surface area contributed by atoms with Crippen molar-refractivity contribution in [1.29, 1.82) is 0 Å². The molecule has 0 aromatic rings. The number of carbonyl (C=O) groups is 1. The van der Waals surface area contributed by atoms with E-state index in [-0.39, 0.29) is 12.3 Å². The molecule has 0 radical (unpaired) electrons. The van der Waals surface area contributed by atoms with Gasteiger partial charge in [-0.2, -0.15) is 0 Å². The molecule has 17 heavy (non-hydrogen) atoms. The fourth-order valence-electron chi connectivity index (χ4n) is 1.87. The average Bonchev–Trinajstić information content (AvgIpc) is 2.24. The summed E-state index contributed by atoms with van der Waals surface area (Å²) in [6.07, 6.45) is 6.02. The minimum Gasteiger partial charge on any atom is -0.458 e. The van der Waals surface area contributed by atoms with E-state index in [4.69, 9.17) is 4.74 Å². The van der Waals surface area contributed by atoms with E-state index in [0.717, 1.165) is 0 Å². The molecule has 0 spiro atoms. The molecule has 1 unspecified atom stereocenters. The summed E-state index contributed by atoms with van der Waals surface area (Å²) in [6, 6.07) is 0. The maximum Gasteiger partial charge on any atom is 0.309 e. The van der Waals surface area contributed by atoms with Gasteiger partial charge in [-0.3, -0.25) is 4.79 Å². The number of esters is 1. The lowest BCUT2D eigenvalue weighted by atomic mass is 9.87. The van der Waals surface area contributed by atoms with Crippen molar-refractivity contribution in [3.8, 4) is 0 Å². The maximum absolute atomic E-state index is 11.3. The van der Waals surface area contributed by atoms with Gasteiger partial charge >= 0.3 is 5.97 Å². The largest absolute Gasteiger partial charge is 0.458 e. The Morgan fingerprint density at radius 1 is 1.59 bits per heavy atom. The predicted molar refractivity (Wildman–Crippen MR) is 64.2 cm³/mol. The second kappa shape index (κ2) is 6.57. The van der Waals surface area contributed by atoms with Gasteiger partial charge in [-0.25, -0.2) is 0 Å². The van der Waals surface area contributed by atoms with E-state index in [1.807, 2.05) is 19.1 Å². The summed E-state index contributed by atoms with van der Waals surface area (Å²) in [5.41, 5.74) is 0. The van der Waals surface area contributed by atoms with Gasteiger partial charge in [-0.1, -0.05) is 18.2 Å². The van der Waals surface area contributed by atoms with Gasteiger partial charge in [0.15, 0.2) is 0 Å². The molecular formula is C13H20O4. The van der Waals surface area contributed by atoms with Gasteiger partial charge in [-0.15, -0.1) is 0 Å². The number of hydrogen-bond acceptors (Lipinski definition) is 4. The van der Waals surface area contributed by atoms with Crippen LogP contribution in [0.2, 0.25) is 0 Å². The van der Waals surface area contributed by atoms with Crippen LogP contribution >= 0.6 is 0 Å². The number of ether oxygens (including phenoxy) is 1. The Balaban J connectivity index is 2.74. The smallest absolute Gasteiger partial charge is 0.309 e. The van der Waals surface area contributed by atoms with Crippen LogP contribution in [0.4, 0.5) is 0 Å². The molecule has 1 heterocycles. The molecular weight excluding hydrogens is 220 g/mol. The summed E-state index contributed by atoms with van der Waals surface area (Å²) in [7, 11) is 0. The Bertz CT molecular complexity index is 307. The molecule has 0 aliphatic carbocycles. The normalized spacial score (nSPS) is 32.0. The van der Waals surface area contributed by atoms with E-state index >= 15 is 0 Å². The highest BCUT2D eigenvalue weighted by molar-refractivity contribution is 5.71. The lowest BCUT2D eigenvalue weighted by molar-refractivity contribution is -0.163. The highest BCUT2D eigenvalue weighted by Crippen LogP contribution is 2.26. The zero-order chi connectivity index (χ0) is 12.8. The van der Waals surface area contributed by atoms with Gasteiger partial charge in [-0.05, 0) is 26.3 Å². The van der Waals surface area contributed by atoms with Crippen LogP contribution < -0.4 is 0 Å². The summed E-state index contributed by atoms with van der Waals surface area (Å²) < 4.78 is 5.19. The van der Waals surface area contributed by atoms with Gasteiger partial charge in [0.2, 0.25) is 0 Å². The molecule has 0 amide bonds. The minimum atomic E-state index is -0.684. The van der Waals surface area contributed by atoms with E-state index in [1.165, 1.54) is 0 Å². The topological polar surface area (TPSA) is 66.8 Å². The molecule has 0 bridgehead atoms. The summed E-state index contributed by atoms with van der Waals surface area (Å²) in [4.78, 5) is 11.3. The fourth-order valence-corrected chi connectivity index (χ4v) is 1.87. The molecule has 1 aliphatic rings. The van der Waals surface area contributed by atoms with Crippen LogP contribution in [-0.4, -0.2) is 34.5 Å². The summed E-state index contributed by atoms with van der Waals surface area (Å²) in [6.45, 7) is 3.53. The third kappa shape index (κ3) is 4.32. The first-order valence-corrected chi connectivity index (χ1v) is 5.89. The number of hydrogen-bond donors (Lipinski definition) is 2. The van der Waals surface area contributed by atoms with E-state index in [9.17, 15) is 15.0 Å². The highest BCUT2D eigenvalue weighted by Gasteiger charge is 2.35. The molecule has 4 atom stereocenters. The Labute approximate surface area is 102 Å². The third-order valence-electron chi connectivity index (χ3n) is 2.78. The van der Waals surface area contributed by atoms with E-state index < -0.39 is 24.3 Å². The van der Waals surface area contributed by atoms with E-state index in [0.29, 0.717) is 6.42 Å². The Morgan fingerprint density at radius 2 is 2.29 bits per heavy atom. The van der Waals surface area contributed by atoms with E-state index in [1.54, 1.807) is 19.1 Å². The molecule has 1 fully saturated rings. The fraction of sp³-hybridized carbons (Fsp3) is 0.615. The van der Waals surface area contributed by atoms with Crippen LogP contribution in [0.1, 0.15) is 26.7 Å². The first-order chi connectivity index (χ1) is 8.04. The SMILES string of the molecule is CC=CCC1[C@@H](O)CC(=O)O[C@@H]1C=C[C@H](C)O. The number of carbonyl (C=O) groups excluding carboxylic acids is 1. The van der Waals surface area contributed by atoms with Gasteiger partial charge in [0.25, 0.3) is 0 Å². The van der Waals surface area contributed by atoms with Crippen molar-refractivity contribution in [2.75, 3.05) is 0 Å². The molecule has 1 rings (SSSR count).